The number of aromatic nitrogens is 3. The predicted octanol–water partition coefficient (Wildman–Crippen LogP) is 2.39. The molecule has 6 nitrogen and oxygen atoms in total. The number of carbonyl (C=O) groups is 1. The molecule has 0 fully saturated rings. The number of carboxylic acids is 1. The number of anilines is 1. The van der Waals surface area contributed by atoms with E-state index >= 15 is 0 Å². The van der Waals surface area contributed by atoms with Crippen LogP contribution < -0.4 is 5.32 Å². The molecule has 1 atom stereocenters. The second-order valence-electron chi connectivity index (χ2n) is 4.89. The van der Waals surface area contributed by atoms with Gasteiger partial charge in [-0.3, -0.25) is 4.98 Å². The molecule has 0 spiro atoms. The Balaban J connectivity index is 1.76. The van der Waals surface area contributed by atoms with Crippen molar-refractivity contribution in [3.05, 3.63) is 48.2 Å². The summed E-state index contributed by atoms with van der Waals surface area (Å²) >= 11 is 0. The van der Waals surface area contributed by atoms with Crippen molar-refractivity contribution < 1.29 is 9.90 Å². The Labute approximate surface area is 123 Å². The zero-order valence-corrected chi connectivity index (χ0v) is 11.9. The van der Waals surface area contributed by atoms with E-state index < -0.39 is 5.97 Å². The van der Waals surface area contributed by atoms with Crippen molar-refractivity contribution in [2.24, 2.45) is 0 Å². The molecule has 0 aliphatic rings. The van der Waals surface area contributed by atoms with Crippen molar-refractivity contribution in [3.8, 4) is 0 Å². The van der Waals surface area contributed by atoms with Crippen LogP contribution in [0.5, 0.6) is 0 Å². The van der Waals surface area contributed by atoms with E-state index in [4.69, 9.17) is 5.11 Å². The monoisotopic (exact) mass is 286 g/mol. The van der Waals surface area contributed by atoms with Crippen LogP contribution in [0.2, 0.25) is 0 Å². The highest BCUT2D eigenvalue weighted by Crippen LogP contribution is 2.09. The van der Waals surface area contributed by atoms with Crippen LogP contribution in [0.25, 0.3) is 0 Å². The van der Waals surface area contributed by atoms with Crippen LogP contribution in [0, 0.1) is 0 Å². The number of rotatable bonds is 7. The smallest absolute Gasteiger partial charge is 0.356 e. The highest BCUT2D eigenvalue weighted by Gasteiger charge is 2.07. The van der Waals surface area contributed by atoms with Gasteiger partial charge in [0.15, 0.2) is 5.69 Å². The molecule has 0 amide bonds. The maximum absolute atomic E-state index is 10.7. The number of aryl methyl sites for hydroxylation is 1. The Hall–Kier alpha value is -2.50. The molecule has 2 N–H and O–H groups in total. The van der Waals surface area contributed by atoms with Gasteiger partial charge in [-0.05, 0) is 37.8 Å². The highest BCUT2D eigenvalue weighted by atomic mass is 16.4. The summed E-state index contributed by atoms with van der Waals surface area (Å²) in [5.74, 6) is -0.479. The Kier molecular flexibility index (Phi) is 5.20. The third-order valence-electron chi connectivity index (χ3n) is 3.09. The lowest BCUT2D eigenvalue weighted by atomic mass is 10.1. The second kappa shape index (κ2) is 7.33. The molecular formula is C15H18N4O2. The minimum absolute atomic E-state index is 0.0511. The van der Waals surface area contributed by atoms with Gasteiger partial charge in [0.25, 0.3) is 0 Å². The maximum atomic E-state index is 10.7. The lowest BCUT2D eigenvalue weighted by molar-refractivity contribution is 0.0690. The topological polar surface area (TPSA) is 88.0 Å². The fourth-order valence-electron chi connectivity index (χ4n) is 2.00. The fraction of sp³-hybridized carbons (Fsp3) is 0.333. The molecule has 0 radical (unpaired) electrons. The van der Waals surface area contributed by atoms with Gasteiger partial charge in [-0.25, -0.2) is 14.8 Å². The molecular weight excluding hydrogens is 268 g/mol. The molecule has 0 aromatic carbocycles. The lowest BCUT2D eigenvalue weighted by Crippen LogP contribution is -2.16. The fourth-order valence-corrected chi connectivity index (χ4v) is 2.00. The van der Waals surface area contributed by atoms with Gasteiger partial charge in [-0.1, -0.05) is 6.07 Å². The first-order chi connectivity index (χ1) is 10.1. The summed E-state index contributed by atoms with van der Waals surface area (Å²) in [5, 5.41) is 12.0. The Morgan fingerprint density at radius 3 is 2.81 bits per heavy atom. The van der Waals surface area contributed by atoms with Gasteiger partial charge in [0.1, 0.15) is 5.82 Å². The second-order valence-corrected chi connectivity index (χ2v) is 4.89. The predicted molar refractivity (Wildman–Crippen MR) is 79.3 cm³/mol. The Bertz CT molecular complexity index is 572. The largest absolute Gasteiger partial charge is 0.476 e. The van der Waals surface area contributed by atoms with Gasteiger partial charge >= 0.3 is 5.97 Å². The molecule has 1 unspecified atom stereocenters. The van der Waals surface area contributed by atoms with E-state index in [1.807, 2.05) is 12.3 Å². The van der Waals surface area contributed by atoms with Crippen molar-refractivity contribution in [2.75, 3.05) is 5.32 Å². The molecule has 110 valence electrons. The van der Waals surface area contributed by atoms with Gasteiger partial charge in [-0.15, -0.1) is 0 Å². The van der Waals surface area contributed by atoms with E-state index in [-0.39, 0.29) is 11.7 Å². The van der Waals surface area contributed by atoms with Crippen LogP contribution in [-0.2, 0) is 6.42 Å². The van der Waals surface area contributed by atoms with Crippen LogP contribution in [0.1, 0.15) is 35.8 Å². The summed E-state index contributed by atoms with van der Waals surface area (Å²) in [6, 6.07) is 4.25. The molecule has 6 heteroatoms. The van der Waals surface area contributed by atoms with E-state index in [1.165, 1.54) is 18.0 Å². The number of hydrogen-bond donors (Lipinski definition) is 2. The number of carboxylic acid groups (broad SMARTS) is 1. The Morgan fingerprint density at radius 1 is 1.33 bits per heavy atom. The van der Waals surface area contributed by atoms with Crippen LogP contribution >= 0.6 is 0 Å². The summed E-state index contributed by atoms with van der Waals surface area (Å²) in [4.78, 5) is 22.6. The van der Waals surface area contributed by atoms with Gasteiger partial charge < -0.3 is 10.4 Å². The van der Waals surface area contributed by atoms with Crippen LogP contribution in [0.15, 0.2) is 36.9 Å². The van der Waals surface area contributed by atoms with Gasteiger partial charge in [-0.2, -0.15) is 0 Å². The average molecular weight is 286 g/mol. The van der Waals surface area contributed by atoms with Gasteiger partial charge in [0.2, 0.25) is 0 Å². The number of pyridine rings is 1. The van der Waals surface area contributed by atoms with Crippen molar-refractivity contribution in [3.63, 3.8) is 0 Å². The first-order valence-corrected chi connectivity index (χ1v) is 6.86. The summed E-state index contributed by atoms with van der Waals surface area (Å²) in [7, 11) is 0. The van der Waals surface area contributed by atoms with Gasteiger partial charge in [0.05, 0.1) is 12.4 Å². The number of hydrogen-bond acceptors (Lipinski definition) is 5. The van der Waals surface area contributed by atoms with Crippen molar-refractivity contribution in [2.45, 2.75) is 32.2 Å². The quantitative estimate of drug-likeness (QED) is 0.812. The first kappa shape index (κ1) is 14.9. The van der Waals surface area contributed by atoms with Crippen molar-refractivity contribution >= 4 is 11.8 Å². The standard InChI is InChI=1S/C15H18N4O2/c1-11(4-2-5-12-6-3-7-16-8-12)19-14-10-17-13(9-18-14)15(20)21/h3,6-11H,2,4-5H2,1H3,(H,18,19)(H,20,21). The van der Waals surface area contributed by atoms with Crippen molar-refractivity contribution in [1.29, 1.82) is 0 Å². The molecule has 0 aliphatic carbocycles. The molecule has 0 saturated carbocycles. The third kappa shape index (κ3) is 4.83. The summed E-state index contributed by atoms with van der Waals surface area (Å²) in [6.45, 7) is 2.07. The molecule has 0 saturated heterocycles. The zero-order chi connectivity index (χ0) is 15.1. The molecule has 2 aromatic heterocycles. The minimum Gasteiger partial charge on any atom is -0.476 e. The molecule has 2 aromatic rings. The van der Waals surface area contributed by atoms with Crippen LogP contribution in [0.4, 0.5) is 5.82 Å². The SMILES string of the molecule is CC(CCCc1cccnc1)Nc1cnc(C(=O)O)cn1. The molecule has 2 rings (SSSR count). The van der Waals surface area contributed by atoms with E-state index in [9.17, 15) is 4.79 Å². The zero-order valence-electron chi connectivity index (χ0n) is 11.9. The van der Waals surface area contributed by atoms with E-state index in [0.717, 1.165) is 19.3 Å². The summed E-state index contributed by atoms with van der Waals surface area (Å²) in [5.41, 5.74) is 1.18. The maximum Gasteiger partial charge on any atom is 0.356 e. The number of nitrogens with one attached hydrogen (secondary N) is 1. The van der Waals surface area contributed by atoms with Crippen LogP contribution in [-0.4, -0.2) is 32.1 Å². The van der Waals surface area contributed by atoms with Crippen LogP contribution in [0.3, 0.4) is 0 Å². The normalized spacial score (nSPS) is 11.9. The number of nitrogens with zero attached hydrogens (tertiary/aromatic N) is 3. The van der Waals surface area contributed by atoms with E-state index in [2.05, 4.69) is 33.3 Å². The first-order valence-electron chi connectivity index (χ1n) is 6.86. The van der Waals surface area contributed by atoms with E-state index in [0.29, 0.717) is 5.82 Å². The Morgan fingerprint density at radius 2 is 2.19 bits per heavy atom. The summed E-state index contributed by atoms with van der Waals surface area (Å²) in [6.07, 6.45) is 9.37. The lowest BCUT2D eigenvalue weighted by Gasteiger charge is -2.14. The third-order valence-corrected chi connectivity index (χ3v) is 3.09. The molecule has 2 heterocycles. The highest BCUT2D eigenvalue weighted by molar-refractivity contribution is 5.84. The summed E-state index contributed by atoms with van der Waals surface area (Å²) < 4.78 is 0. The average Bonchev–Trinajstić information content (AvgIpc) is 2.49. The van der Waals surface area contributed by atoms with Gasteiger partial charge in [0, 0.05) is 18.4 Å². The molecule has 21 heavy (non-hydrogen) atoms. The number of aromatic carboxylic acids is 1. The van der Waals surface area contributed by atoms with Crippen molar-refractivity contribution in [1.82, 2.24) is 15.0 Å². The minimum atomic E-state index is -1.07. The molecule has 0 bridgehead atoms. The molecule has 0 aliphatic heterocycles. The van der Waals surface area contributed by atoms with E-state index in [1.54, 1.807) is 6.20 Å².